The van der Waals surface area contributed by atoms with Crippen molar-refractivity contribution in [1.29, 1.82) is 0 Å². The van der Waals surface area contributed by atoms with Gasteiger partial charge in [0, 0.05) is 12.7 Å². The van der Waals surface area contributed by atoms with Gasteiger partial charge in [0.15, 0.2) is 0 Å². The zero-order valence-electron chi connectivity index (χ0n) is 18.2. The zero-order valence-corrected chi connectivity index (χ0v) is 19.9. The topological polar surface area (TPSA) is 147 Å². The molecule has 8 nitrogen and oxygen atoms in total. The molecule has 2 aromatic rings. The Kier molecular flexibility index (Phi) is 9.18. The van der Waals surface area contributed by atoms with Crippen molar-refractivity contribution in [2.75, 3.05) is 11.9 Å². The number of aliphatic carboxylic acids is 1. The van der Waals surface area contributed by atoms with Crippen LogP contribution in [0.4, 0.5) is 0 Å². The molecule has 0 aliphatic carbocycles. The molecule has 0 aliphatic rings. The number of hydrogen-bond acceptors (Lipinski definition) is 5. The van der Waals surface area contributed by atoms with E-state index in [-0.39, 0.29) is 18.7 Å². The maximum Gasteiger partial charge on any atom is 0.311 e. The lowest BCUT2D eigenvalue weighted by molar-refractivity contribution is -0.138. The first kappa shape index (κ1) is 26.2. The molecule has 0 bridgehead atoms. The third-order valence-corrected chi connectivity index (χ3v) is 9.21. The number of nitrogens with one attached hydrogen (secondary N) is 1. The lowest BCUT2D eigenvalue weighted by atomic mass is 9.99. The van der Waals surface area contributed by atoms with Gasteiger partial charge in [-0.05, 0) is 29.0 Å². The largest absolute Gasteiger partial charge is 0.481 e. The van der Waals surface area contributed by atoms with E-state index in [9.17, 15) is 27.8 Å². The van der Waals surface area contributed by atoms with Gasteiger partial charge in [-0.2, -0.15) is 0 Å². The number of aryl methyl sites for hydroxylation is 1. The van der Waals surface area contributed by atoms with Crippen molar-refractivity contribution in [2.45, 2.75) is 38.5 Å². The summed E-state index contributed by atoms with van der Waals surface area (Å²) < 4.78 is 41.0. The molecule has 0 aromatic heterocycles. The van der Waals surface area contributed by atoms with E-state index in [2.05, 4.69) is 4.72 Å². The van der Waals surface area contributed by atoms with E-state index in [0.717, 1.165) is 5.56 Å². The minimum absolute atomic E-state index is 0.201. The van der Waals surface area contributed by atoms with Crippen molar-refractivity contribution in [3.63, 3.8) is 0 Å². The van der Waals surface area contributed by atoms with E-state index in [1.807, 2.05) is 6.07 Å². The Morgan fingerprint density at radius 1 is 1.09 bits per heavy atom. The highest BCUT2D eigenvalue weighted by Crippen LogP contribution is 2.51. The van der Waals surface area contributed by atoms with Crippen molar-refractivity contribution in [1.82, 2.24) is 4.72 Å². The normalized spacial score (nSPS) is 15.8. The van der Waals surface area contributed by atoms with Crippen molar-refractivity contribution in [2.24, 2.45) is 11.7 Å². The second-order valence-electron chi connectivity index (χ2n) is 8.14. The summed E-state index contributed by atoms with van der Waals surface area (Å²) in [5, 5.41) is 9.71. The minimum atomic E-state index is -4.25. The zero-order chi connectivity index (χ0) is 23.9. The Morgan fingerprint density at radius 3 is 2.28 bits per heavy atom. The standard InChI is InChI=1S/C22H31N2O6PS/c1-16(2)21(24-32(29,30)12-11-17-7-4-3-5-8-17)31(27,28)15-20(22(25)26)19-10-6-9-18(13-19)14-23/h3-10,13,16,20-21,24H,11-12,14-15,23H2,1-2H3,(H,25,26)(H,27,28)/t20-,21+/m0/s1. The molecule has 1 unspecified atom stereocenters. The number of rotatable bonds is 12. The SMILES string of the molecule is CC(C)[C@H](NS(=O)(=O)CCc1ccccc1)P(=O)(O)C[C@H](C(=O)O)c1cccc(CN)c1. The number of carboxylic acids is 1. The van der Waals surface area contributed by atoms with Gasteiger partial charge in [-0.25, -0.2) is 13.1 Å². The first-order valence-corrected chi connectivity index (χ1v) is 13.9. The lowest BCUT2D eigenvalue weighted by Crippen LogP contribution is -2.41. The fourth-order valence-corrected chi connectivity index (χ4v) is 7.91. The van der Waals surface area contributed by atoms with Gasteiger partial charge in [-0.3, -0.25) is 9.36 Å². The first-order valence-electron chi connectivity index (χ1n) is 10.3. The molecule has 2 rings (SSSR count). The smallest absolute Gasteiger partial charge is 0.311 e. The van der Waals surface area contributed by atoms with Crippen molar-refractivity contribution >= 4 is 23.4 Å². The summed E-state index contributed by atoms with van der Waals surface area (Å²) in [6.07, 6.45) is -0.346. The third-order valence-electron chi connectivity index (χ3n) is 5.20. The Labute approximate surface area is 189 Å². The summed E-state index contributed by atoms with van der Waals surface area (Å²) in [4.78, 5) is 22.8. The van der Waals surface area contributed by atoms with Gasteiger partial charge in [0.2, 0.25) is 17.4 Å². The molecule has 0 spiro atoms. The Hall–Kier alpha value is -2.03. The van der Waals surface area contributed by atoms with E-state index in [1.54, 1.807) is 62.4 Å². The van der Waals surface area contributed by atoms with Crippen LogP contribution in [0.15, 0.2) is 54.6 Å². The molecule has 5 N–H and O–H groups in total. The molecule has 0 heterocycles. The number of nitrogens with two attached hydrogens (primary N) is 1. The van der Waals surface area contributed by atoms with Gasteiger partial charge in [0.05, 0.1) is 11.7 Å². The lowest BCUT2D eigenvalue weighted by Gasteiger charge is -2.29. The Balaban J connectivity index is 2.22. The van der Waals surface area contributed by atoms with Crippen LogP contribution in [0.25, 0.3) is 0 Å². The van der Waals surface area contributed by atoms with Gasteiger partial charge >= 0.3 is 5.97 Å². The van der Waals surface area contributed by atoms with Gasteiger partial charge in [-0.15, -0.1) is 0 Å². The molecule has 176 valence electrons. The molecule has 0 amide bonds. The van der Waals surface area contributed by atoms with Crippen LogP contribution in [0.2, 0.25) is 0 Å². The molecule has 0 radical (unpaired) electrons. The van der Waals surface area contributed by atoms with Crippen LogP contribution in [0.3, 0.4) is 0 Å². The van der Waals surface area contributed by atoms with Gasteiger partial charge < -0.3 is 15.7 Å². The van der Waals surface area contributed by atoms with Gasteiger partial charge in [-0.1, -0.05) is 68.4 Å². The van der Waals surface area contributed by atoms with E-state index in [0.29, 0.717) is 11.1 Å². The molecule has 0 saturated heterocycles. The highest BCUT2D eigenvalue weighted by atomic mass is 32.2. The average molecular weight is 483 g/mol. The molecule has 0 aliphatic heterocycles. The molecule has 3 atom stereocenters. The molecule has 0 fully saturated rings. The summed E-state index contributed by atoms with van der Waals surface area (Å²) in [7, 11) is -8.14. The fourth-order valence-electron chi connectivity index (χ4n) is 3.46. The highest BCUT2D eigenvalue weighted by molar-refractivity contribution is 7.89. The maximum absolute atomic E-state index is 13.3. The Bertz CT molecular complexity index is 1060. The van der Waals surface area contributed by atoms with Crippen LogP contribution in [0.5, 0.6) is 0 Å². The molecular formula is C22H31N2O6PS. The molecule has 2 aromatic carbocycles. The first-order chi connectivity index (χ1) is 14.9. The number of carbonyl (C=O) groups is 1. The monoisotopic (exact) mass is 482 g/mol. The van der Waals surface area contributed by atoms with Crippen LogP contribution in [-0.4, -0.2) is 42.1 Å². The summed E-state index contributed by atoms with van der Waals surface area (Å²) in [5.41, 5.74) is 7.50. The quantitative estimate of drug-likeness (QED) is 0.340. The number of benzene rings is 2. The number of carboxylic acid groups (broad SMARTS) is 1. The number of hydrogen-bond donors (Lipinski definition) is 4. The van der Waals surface area contributed by atoms with Gasteiger partial charge in [0.25, 0.3) is 0 Å². The minimum Gasteiger partial charge on any atom is -0.481 e. The maximum atomic E-state index is 13.3. The van der Waals surface area contributed by atoms with Crippen LogP contribution in [-0.2, 0) is 32.3 Å². The molecular weight excluding hydrogens is 451 g/mol. The fraction of sp³-hybridized carbons (Fsp3) is 0.409. The molecule has 0 saturated carbocycles. The van der Waals surface area contributed by atoms with E-state index in [4.69, 9.17) is 5.73 Å². The number of sulfonamides is 1. The van der Waals surface area contributed by atoms with Crippen molar-refractivity contribution in [3.8, 4) is 0 Å². The van der Waals surface area contributed by atoms with Crippen molar-refractivity contribution < 1.29 is 27.8 Å². The predicted octanol–water partition coefficient (Wildman–Crippen LogP) is 2.73. The van der Waals surface area contributed by atoms with E-state index < -0.39 is 47.1 Å². The van der Waals surface area contributed by atoms with E-state index in [1.165, 1.54) is 0 Å². The third kappa shape index (κ3) is 7.53. The van der Waals surface area contributed by atoms with Crippen molar-refractivity contribution in [3.05, 3.63) is 71.3 Å². The van der Waals surface area contributed by atoms with Crippen LogP contribution >= 0.6 is 7.37 Å². The molecule has 32 heavy (non-hydrogen) atoms. The Morgan fingerprint density at radius 2 is 1.72 bits per heavy atom. The predicted molar refractivity (Wildman–Crippen MR) is 125 cm³/mol. The highest BCUT2D eigenvalue weighted by Gasteiger charge is 2.40. The second-order valence-corrected chi connectivity index (χ2v) is 12.4. The summed E-state index contributed by atoms with van der Waals surface area (Å²) in [5.74, 6) is -4.61. The summed E-state index contributed by atoms with van der Waals surface area (Å²) >= 11 is 0. The van der Waals surface area contributed by atoms with Crippen LogP contribution in [0.1, 0.15) is 36.5 Å². The van der Waals surface area contributed by atoms with Gasteiger partial charge in [0.1, 0.15) is 5.78 Å². The average Bonchev–Trinajstić information content (AvgIpc) is 2.75. The molecule has 10 heteroatoms. The van der Waals surface area contributed by atoms with Crippen LogP contribution < -0.4 is 10.5 Å². The summed E-state index contributed by atoms with van der Waals surface area (Å²) in [6, 6.07) is 15.6. The van der Waals surface area contributed by atoms with E-state index >= 15 is 0 Å². The summed E-state index contributed by atoms with van der Waals surface area (Å²) in [6.45, 7) is 3.45. The second kappa shape index (κ2) is 11.2. The van der Waals surface area contributed by atoms with Crippen LogP contribution in [0, 0.1) is 5.92 Å².